The van der Waals surface area contributed by atoms with Gasteiger partial charge >= 0.3 is 0 Å². The third-order valence-electron chi connectivity index (χ3n) is 2.12. The summed E-state index contributed by atoms with van der Waals surface area (Å²) in [4.78, 5) is 21.9. The monoisotopic (exact) mass is 189 g/mol. The smallest absolute Gasteiger partial charge is 0.170 e. The van der Waals surface area contributed by atoms with Crippen molar-refractivity contribution < 1.29 is 4.79 Å². The zero-order valence-electron chi connectivity index (χ0n) is 8.11. The molecule has 0 aliphatic carbocycles. The van der Waals surface area contributed by atoms with Crippen LogP contribution in [0.25, 0.3) is 11.2 Å². The molecule has 2 aromatic heterocycles. The van der Waals surface area contributed by atoms with E-state index in [0.717, 1.165) is 11.2 Å². The first-order chi connectivity index (χ1) is 6.70. The number of aromatic amines is 1. The van der Waals surface area contributed by atoms with Crippen molar-refractivity contribution in [2.45, 2.75) is 19.8 Å². The lowest BCUT2D eigenvalue weighted by Crippen LogP contribution is -1.89. The van der Waals surface area contributed by atoms with Crippen LogP contribution in [0.5, 0.6) is 0 Å². The van der Waals surface area contributed by atoms with Gasteiger partial charge in [-0.1, -0.05) is 13.8 Å². The molecule has 0 aliphatic heterocycles. The first-order valence-corrected chi connectivity index (χ1v) is 4.51. The van der Waals surface area contributed by atoms with Gasteiger partial charge in [0.25, 0.3) is 0 Å². The van der Waals surface area contributed by atoms with E-state index in [9.17, 15) is 4.79 Å². The van der Waals surface area contributed by atoms with Crippen molar-refractivity contribution in [1.29, 1.82) is 0 Å². The summed E-state index contributed by atoms with van der Waals surface area (Å²) in [6.07, 6.45) is 2.18. The highest BCUT2D eigenvalue weighted by molar-refractivity contribution is 5.78. The molecule has 0 bridgehead atoms. The fourth-order valence-electron chi connectivity index (χ4n) is 1.30. The van der Waals surface area contributed by atoms with Gasteiger partial charge in [0, 0.05) is 5.69 Å². The zero-order chi connectivity index (χ0) is 10.1. The van der Waals surface area contributed by atoms with E-state index < -0.39 is 0 Å². The number of H-pyrrole nitrogens is 1. The van der Waals surface area contributed by atoms with E-state index in [1.54, 1.807) is 0 Å². The summed E-state index contributed by atoms with van der Waals surface area (Å²) in [5.74, 6) is 0.408. The molecule has 0 unspecified atom stereocenters. The average molecular weight is 189 g/mol. The van der Waals surface area contributed by atoms with Crippen molar-refractivity contribution in [2.24, 2.45) is 0 Å². The second kappa shape index (κ2) is 3.21. The molecule has 0 fully saturated rings. The Kier molecular flexibility index (Phi) is 2.04. The quantitative estimate of drug-likeness (QED) is 0.734. The molecule has 0 atom stereocenters. The van der Waals surface area contributed by atoms with Crippen LogP contribution in [0.2, 0.25) is 0 Å². The second-order valence-electron chi connectivity index (χ2n) is 3.53. The summed E-state index contributed by atoms with van der Waals surface area (Å²) in [6.45, 7) is 4.18. The Morgan fingerprint density at radius 2 is 2.29 bits per heavy atom. The molecular formula is C10H11N3O. The average Bonchev–Trinajstić information content (AvgIpc) is 2.59. The first kappa shape index (κ1) is 8.87. The van der Waals surface area contributed by atoms with Gasteiger partial charge in [-0.25, -0.2) is 4.98 Å². The molecule has 0 aromatic carbocycles. The molecule has 1 N–H and O–H groups in total. The highest BCUT2D eigenvalue weighted by Crippen LogP contribution is 2.17. The maximum atomic E-state index is 10.5. The van der Waals surface area contributed by atoms with Crippen LogP contribution in [0.15, 0.2) is 12.3 Å². The molecule has 0 radical (unpaired) electrons. The molecule has 4 heteroatoms. The maximum Gasteiger partial charge on any atom is 0.170 e. The van der Waals surface area contributed by atoms with Crippen molar-refractivity contribution in [3.05, 3.63) is 23.7 Å². The number of hydrogen-bond donors (Lipinski definition) is 1. The Hall–Kier alpha value is -1.71. The second-order valence-corrected chi connectivity index (χ2v) is 3.53. The van der Waals surface area contributed by atoms with Gasteiger partial charge in [0.05, 0.1) is 6.20 Å². The largest absolute Gasteiger partial charge is 0.342 e. The minimum atomic E-state index is 0.356. The minimum Gasteiger partial charge on any atom is -0.342 e. The van der Waals surface area contributed by atoms with Crippen molar-refractivity contribution in [3.8, 4) is 0 Å². The Morgan fingerprint density at radius 1 is 1.50 bits per heavy atom. The maximum absolute atomic E-state index is 10.5. The van der Waals surface area contributed by atoms with Crippen molar-refractivity contribution >= 4 is 17.5 Å². The number of nitrogens with one attached hydrogen (secondary N) is 1. The number of carbonyl (C=O) groups is 1. The third-order valence-corrected chi connectivity index (χ3v) is 2.12. The molecule has 0 amide bonds. The molecular weight excluding hydrogens is 178 g/mol. The Morgan fingerprint density at radius 3 is 2.93 bits per heavy atom. The number of nitrogens with zero attached hydrogens (tertiary/aromatic N) is 2. The lowest BCUT2D eigenvalue weighted by Gasteiger charge is -1.97. The summed E-state index contributed by atoms with van der Waals surface area (Å²) in [5, 5.41) is 0. The van der Waals surface area contributed by atoms with Gasteiger partial charge in [0.1, 0.15) is 11.2 Å². The number of carbonyl (C=O) groups excluding carboxylic acids is 1. The van der Waals surface area contributed by atoms with Crippen LogP contribution in [-0.2, 0) is 0 Å². The Balaban J connectivity index is 2.59. The molecule has 0 aliphatic rings. The number of fused-ring (bicyclic) bond motifs is 1. The van der Waals surface area contributed by atoms with Gasteiger partial charge in [-0.2, -0.15) is 0 Å². The molecule has 0 spiro atoms. The van der Waals surface area contributed by atoms with Crippen LogP contribution in [0, 0.1) is 0 Å². The van der Waals surface area contributed by atoms with Crippen LogP contribution in [0.3, 0.4) is 0 Å². The predicted octanol–water partition coefficient (Wildman–Crippen LogP) is 1.89. The van der Waals surface area contributed by atoms with Gasteiger partial charge in [-0.05, 0) is 12.0 Å². The molecule has 2 aromatic rings. The van der Waals surface area contributed by atoms with Gasteiger partial charge in [-0.3, -0.25) is 9.78 Å². The lowest BCUT2D eigenvalue weighted by atomic mass is 10.1. The van der Waals surface area contributed by atoms with Crippen LogP contribution in [0.4, 0.5) is 0 Å². The number of hydrogen-bond acceptors (Lipinski definition) is 3. The minimum absolute atomic E-state index is 0.356. The third kappa shape index (κ3) is 1.39. The highest BCUT2D eigenvalue weighted by atomic mass is 16.1. The van der Waals surface area contributed by atoms with Gasteiger partial charge in [-0.15, -0.1) is 0 Å². The van der Waals surface area contributed by atoms with E-state index in [0.29, 0.717) is 23.5 Å². The predicted molar refractivity (Wildman–Crippen MR) is 53.4 cm³/mol. The lowest BCUT2D eigenvalue weighted by molar-refractivity contribution is 0.111. The SMILES string of the molecule is CC(C)c1cc2ncc(C=O)nc2[nH]1. The first-order valence-electron chi connectivity index (χ1n) is 4.51. The number of aldehydes is 1. The van der Waals surface area contributed by atoms with E-state index >= 15 is 0 Å². The summed E-state index contributed by atoms with van der Waals surface area (Å²) in [5.41, 5.74) is 2.93. The molecule has 0 saturated carbocycles. The molecule has 2 heterocycles. The fraction of sp³-hybridized carbons (Fsp3) is 0.300. The molecule has 4 nitrogen and oxygen atoms in total. The molecule has 72 valence electrons. The van der Waals surface area contributed by atoms with Gasteiger partial charge in [0.15, 0.2) is 11.9 Å². The van der Waals surface area contributed by atoms with Crippen molar-refractivity contribution in [2.75, 3.05) is 0 Å². The van der Waals surface area contributed by atoms with E-state index in [1.165, 1.54) is 6.20 Å². The van der Waals surface area contributed by atoms with Gasteiger partial charge < -0.3 is 4.98 Å². The van der Waals surface area contributed by atoms with Crippen LogP contribution >= 0.6 is 0 Å². The Bertz CT molecular complexity index is 473. The molecule has 14 heavy (non-hydrogen) atoms. The van der Waals surface area contributed by atoms with Crippen molar-refractivity contribution in [3.63, 3.8) is 0 Å². The summed E-state index contributed by atoms with van der Waals surface area (Å²) in [7, 11) is 0. The molecule has 2 rings (SSSR count). The Labute approximate surface area is 81.4 Å². The zero-order valence-corrected chi connectivity index (χ0v) is 8.11. The van der Waals surface area contributed by atoms with Crippen LogP contribution in [0.1, 0.15) is 35.9 Å². The molecule has 0 saturated heterocycles. The van der Waals surface area contributed by atoms with E-state index in [2.05, 4.69) is 28.8 Å². The highest BCUT2D eigenvalue weighted by Gasteiger charge is 2.06. The van der Waals surface area contributed by atoms with E-state index in [-0.39, 0.29) is 0 Å². The van der Waals surface area contributed by atoms with Crippen molar-refractivity contribution in [1.82, 2.24) is 15.0 Å². The number of rotatable bonds is 2. The van der Waals surface area contributed by atoms with Crippen LogP contribution < -0.4 is 0 Å². The van der Waals surface area contributed by atoms with Crippen LogP contribution in [-0.4, -0.2) is 21.2 Å². The summed E-state index contributed by atoms with van der Waals surface area (Å²) in [6, 6.07) is 1.96. The number of aromatic nitrogens is 3. The van der Waals surface area contributed by atoms with E-state index in [4.69, 9.17) is 0 Å². The van der Waals surface area contributed by atoms with Gasteiger partial charge in [0.2, 0.25) is 0 Å². The normalized spacial score (nSPS) is 11.1. The summed E-state index contributed by atoms with van der Waals surface area (Å²) >= 11 is 0. The van der Waals surface area contributed by atoms with E-state index in [1.807, 2.05) is 6.07 Å². The standard InChI is InChI=1S/C10H11N3O/c1-6(2)8-3-9-10(13-8)12-7(5-14)4-11-9/h3-6H,1-2H3,(H,12,13). The fourth-order valence-corrected chi connectivity index (χ4v) is 1.30. The summed E-state index contributed by atoms with van der Waals surface area (Å²) < 4.78 is 0. The topological polar surface area (TPSA) is 58.6 Å².